The lowest BCUT2D eigenvalue weighted by molar-refractivity contribution is 0.230. The van der Waals surface area contributed by atoms with E-state index in [0.717, 1.165) is 17.7 Å². The standard InChI is InChI=1S/C10H19N3O/c1-4-9(6-14)12-7(2)10-5-11-13-8(10)3/h5,7,9,12,14H,4,6H2,1-3H3,(H,11,13)/t7?,9-/m1/s1. The molecule has 0 saturated heterocycles. The molecule has 0 saturated carbocycles. The molecule has 1 rings (SSSR count). The van der Waals surface area contributed by atoms with Crippen LogP contribution in [0, 0.1) is 6.92 Å². The number of aromatic nitrogens is 2. The van der Waals surface area contributed by atoms with Crippen molar-refractivity contribution in [1.82, 2.24) is 15.5 Å². The summed E-state index contributed by atoms with van der Waals surface area (Å²) in [5.41, 5.74) is 2.25. The Labute approximate surface area is 84.7 Å². The minimum Gasteiger partial charge on any atom is -0.395 e. The Hall–Kier alpha value is -0.870. The van der Waals surface area contributed by atoms with Crippen LogP contribution in [-0.4, -0.2) is 28.0 Å². The second kappa shape index (κ2) is 5.12. The molecule has 0 bridgehead atoms. The van der Waals surface area contributed by atoms with Crippen molar-refractivity contribution < 1.29 is 5.11 Å². The van der Waals surface area contributed by atoms with Crippen LogP contribution in [0.5, 0.6) is 0 Å². The molecule has 2 atom stereocenters. The van der Waals surface area contributed by atoms with Crippen molar-refractivity contribution in [1.29, 1.82) is 0 Å². The molecule has 0 amide bonds. The third-order valence-corrected chi connectivity index (χ3v) is 2.53. The van der Waals surface area contributed by atoms with Gasteiger partial charge in [-0.15, -0.1) is 0 Å². The minimum atomic E-state index is 0.166. The van der Waals surface area contributed by atoms with Gasteiger partial charge in [-0.1, -0.05) is 6.92 Å². The first-order valence-corrected chi connectivity index (χ1v) is 5.05. The van der Waals surface area contributed by atoms with Crippen LogP contribution >= 0.6 is 0 Å². The van der Waals surface area contributed by atoms with Gasteiger partial charge in [0.05, 0.1) is 12.8 Å². The number of nitrogens with one attached hydrogen (secondary N) is 2. The van der Waals surface area contributed by atoms with Gasteiger partial charge in [0.25, 0.3) is 0 Å². The molecule has 0 aliphatic heterocycles. The highest BCUT2D eigenvalue weighted by atomic mass is 16.3. The summed E-state index contributed by atoms with van der Waals surface area (Å²) in [6.07, 6.45) is 2.76. The first-order valence-electron chi connectivity index (χ1n) is 5.05. The number of aromatic amines is 1. The Morgan fingerprint density at radius 1 is 1.64 bits per heavy atom. The van der Waals surface area contributed by atoms with E-state index in [1.165, 1.54) is 0 Å². The minimum absolute atomic E-state index is 0.166. The first-order chi connectivity index (χ1) is 6.69. The summed E-state index contributed by atoms with van der Waals surface area (Å²) in [7, 11) is 0. The molecular weight excluding hydrogens is 178 g/mol. The van der Waals surface area contributed by atoms with Crippen molar-refractivity contribution >= 4 is 0 Å². The second-order valence-electron chi connectivity index (χ2n) is 3.63. The van der Waals surface area contributed by atoms with E-state index in [4.69, 9.17) is 5.11 Å². The molecule has 80 valence electrons. The number of hydrogen-bond acceptors (Lipinski definition) is 3. The molecule has 0 spiro atoms. The van der Waals surface area contributed by atoms with Gasteiger partial charge >= 0.3 is 0 Å². The van der Waals surface area contributed by atoms with Crippen LogP contribution in [0.15, 0.2) is 6.20 Å². The Bertz CT molecular complexity index is 268. The summed E-state index contributed by atoms with van der Waals surface area (Å²) in [5.74, 6) is 0. The van der Waals surface area contributed by atoms with Gasteiger partial charge in [0.1, 0.15) is 0 Å². The van der Waals surface area contributed by atoms with E-state index in [2.05, 4.69) is 29.4 Å². The monoisotopic (exact) mass is 197 g/mol. The van der Waals surface area contributed by atoms with Gasteiger partial charge in [-0.25, -0.2) is 0 Å². The second-order valence-corrected chi connectivity index (χ2v) is 3.63. The largest absolute Gasteiger partial charge is 0.395 e. The maximum Gasteiger partial charge on any atom is 0.0584 e. The van der Waals surface area contributed by atoms with Gasteiger partial charge in [0.2, 0.25) is 0 Å². The smallest absolute Gasteiger partial charge is 0.0584 e. The number of rotatable bonds is 5. The lowest BCUT2D eigenvalue weighted by Crippen LogP contribution is -2.34. The van der Waals surface area contributed by atoms with Gasteiger partial charge in [-0.05, 0) is 20.3 Å². The number of hydrogen-bond donors (Lipinski definition) is 3. The van der Waals surface area contributed by atoms with Gasteiger partial charge in [-0.3, -0.25) is 5.10 Å². The fourth-order valence-corrected chi connectivity index (χ4v) is 1.54. The third-order valence-electron chi connectivity index (χ3n) is 2.53. The normalized spacial score (nSPS) is 15.4. The van der Waals surface area contributed by atoms with Gasteiger partial charge < -0.3 is 10.4 Å². The molecule has 0 aromatic carbocycles. The van der Waals surface area contributed by atoms with Crippen LogP contribution in [-0.2, 0) is 0 Å². The lowest BCUT2D eigenvalue weighted by Gasteiger charge is -2.20. The Morgan fingerprint density at radius 2 is 2.36 bits per heavy atom. The summed E-state index contributed by atoms with van der Waals surface area (Å²) < 4.78 is 0. The topological polar surface area (TPSA) is 60.9 Å². The van der Waals surface area contributed by atoms with Crippen LogP contribution in [0.25, 0.3) is 0 Å². The van der Waals surface area contributed by atoms with E-state index in [9.17, 15) is 0 Å². The molecule has 0 aliphatic carbocycles. The summed E-state index contributed by atoms with van der Waals surface area (Å²) in [4.78, 5) is 0. The van der Waals surface area contributed by atoms with Crippen LogP contribution in [0.3, 0.4) is 0 Å². The maximum absolute atomic E-state index is 9.06. The summed E-state index contributed by atoms with van der Waals surface area (Å²) in [5, 5.41) is 19.3. The molecule has 1 heterocycles. The average molecular weight is 197 g/mol. The average Bonchev–Trinajstić information content (AvgIpc) is 2.60. The van der Waals surface area contributed by atoms with E-state index >= 15 is 0 Å². The molecule has 1 aromatic rings. The molecular formula is C10H19N3O. The lowest BCUT2D eigenvalue weighted by atomic mass is 10.1. The van der Waals surface area contributed by atoms with Crippen molar-refractivity contribution in [3.05, 3.63) is 17.5 Å². The van der Waals surface area contributed by atoms with Crippen molar-refractivity contribution in [3.8, 4) is 0 Å². The predicted molar refractivity (Wildman–Crippen MR) is 56.0 cm³/mol. The third kappa shape index (κ3) is 2.56. The molecule has 1 unspecified atom stereocenters. The number of aliphatic hydroxyl groups excluding tert-OH is 1. The van der Waals surface area contributed by atoms with Crippen LogP contribution < -0.4 is 5.32 Å². The van der Waals surface area contributed by atoms with Crippen molar-refractivity contribution in [3.63, 3.8) is 0 Å². The van der Waals surface area contributed by atoms with Gasteiger partial charge in [0.15, 0.2) is 0 Å². The van der Waals surface area contributed by atoms with Gasteiger partial charge in [-0.2, -0.15) is 5.10 Å². The molecule has 0 radical (unpaired) electrons. The Morgan fingerprint density at radius 3 is 2.79 bits per heavy atom. The fraction of sp³-hybridized carbons (Fsp3) is 0.700. The van der Waals surface area contributed by atoms with Crippen LogP contribution in [0.1, 0.15) is 37.6 Å². The van der Waals surface area contributed by atoms with Crippen LogP contribution in [0.4, 0.5) is 0 Å². The first kappa shape index (κ1) is 11.2. The SMILES string of the molecule is CC[C@H](CO)NC(C)c1cn[nH]c1C. The molecule has 1 aromatic heterocycles. The van der Waals surface area contributed by atoms with Crippen LogP contribution in [0.2, 0.25) is 0 Å². The number of aryl methyl sites for hydroxylation is 1. The van der Waals surface area contributed by atoms with E-state index in [1.807, 2.05) is 13.1 Å². The maximum atomic E-state index is 9.06. The highest BCUT2D eigenvalue weighted by Crippen LogP contribution is 2.15. The fourth-order valence-electron chi connectivity index (χ4n) is 1.54. The van der Waals surface area contributed by atoms with E-state index < -0.39 is 0 Å². The molecule has 0 aliphatic rings. The Balaban J connectivity index is 2.58. The number of aliphatic hydroxyl groups is 1. The quantitative estimate of drug-likeness (QED) is 0.663. The summed E-state index contributed by atoms with van der Waals surface area (Å²) >= 11 is 0. The van der Waals surface area contributed by atoms with Crippen molar-refractivity contribution in [2.24, 2.45) is 0 Å². The molecule has 3 N–H and O–H groups in total. The molecule has 0 fully saturated rings. The zero-order valence-corrected chi connectivity index (χ0v) is 9.04. The van der Waals surface area contributed by atoms with Crippen molar-refractivity contribution in [2.45, 2.75) is 39.3 Å². The van der Waals surface area contributed by atoms with Gasteiger partial charge in [0, 0.05) is 23.3 Å². The Kier molecular flexibility index (Phi) is 4.10. The number of nitrogens with zero attached hydrogens (tertiary/aromatic N) is 1. The van der Waals surface area contributed by atoms with Crippen molar-refractivity contribution in [2.75, 3.05) is 6.61 Å². The predicted octanol–water partition coefficient (Wildman–Crippen LogP) is 1.14. The summed E-state index contributed by atoms with van der Waals surface area (Å²) in [6.45, 7) is 6.32. The molecule has 4 heteroatoms. The summed E-state index contributed by atoms with van der Waals surface area (Å²) in [6, 6.07) is 0.394. The van der Waals surface area contributed by atoms with E-state index in [0.29, 0.717) is 0 Å². The number of H-pyrrole nitrogens is 1. The zero-order chi connectivity index (χ0) is 10.6. The highest BCUT2D eigenvalue weighted by Gasteiger charge is 2.13. The molecule has 4 nitrogen and oxygen atoms in total. The highest BCUT2D eigenvalue weighted by molar-refractivity contribution is 5.18. The van der Waals surface area contributed by atoms with E-state index in [-0.39, 0.29) is 18.7 Å². The zero-order valence-electron chi connectivity index (χ0n) is 9.04. The molecule has 14 heavy (non-hydrogen) atoms. The van der Waals surface area contributed by atoms with E-state index in [1.54, 1.807) is 0 Å².